The van der Waals surface area contributed by atoms with Gasteiger partial charge in [0.05, 0.1) is 19.3 Å². The molecular formula is C47H76N10O9S. The van der Waals surface area contributed by atoms with Crippen LogP contribution >= 0.6 is 11.3 Å². The monoisotopic (exact) mass is 957 g/mol. The van der Waals surface area contributed by atoms with Gasteiger partial charge in [0.2, 0.25) is 17.7 Å². The van der Waals surface area contributed by atoms with Crippen LogP contribution < -0.4 is 21.5 Å². The van der Waals surface area contributed by atoms with Gasteiger partial charge in [-0.1, -0.05) is 78.6 Å². The summed E-state index contributed by atoms with van der Waals surface area (Å²) < 4.78 is 16.7. The topological polar surface area (TPSA) is 250 Å². The average Bonchev–Trinajstić information content (AvgIpc) is 3.81. The molecule has 5 amide bonds. The summed E-state index contributed by atoms with van der Waals surface area (Å²) >= 11 is 1.31. The second-order valence-electron chi connectivity index (χ2n) is 17.7. The Labute approximate surface area is 400 Å². The molecule has 2 heterocycles. The summed E-state index contributed by atoms with van der Waals surface area (Å²) in [5.41, 5.74) is 14.0. The first-order chi connectivity index (χ1) is 32.1. The quantitative estimate of drug-likeness (QED) is 0.0186. The van der Waals surface area contributed by atoms with Crippen molar-refractivity contribution >= 4 is 41.1 Å². The van der Waals surface area contributed by atoms with Gasteiger partial charge in [0, 0.05) is 54.4 Å². The smallest absolute Gasteiger partial charge is 0.426 e. The predicted molar refractivity (Wildman–Crippen MR) is 257 cm³/mol. The largest absolute Gasteiger partial charge is 0.508 e. The van der Waals surface area contributed by atoms with E-state index < -0.39 is 42.0 Å². The molecule has 1 aromatic heterocycles. The summed E-state index contributed by atoms with van der Waals surface area (Å²) in [4.78, 5) is 79.2. The Hall–Kier alpha value is -5.01. The third kappa shape index (κ3) is 19.3. The lowest BCUT2D eigenvalue weighted by Crippen LogP contribution is -2.58. The molecule has 20 heteroatoms. The van der Waals surface area contributed by atoms with Gasteiger partial charge in [0.25, 0.3) is 5.91 Å². The normalized spacial score (nSPS) is 16.6. The number of hydrogen-bond donors (Lipinski definition) is 5. The van der Waals surface area contributed by atoms with Gasteiger partial charge in [0.1, 0.15) is 35.2 Å². The third-order valence-corrected chi connectivity index (χ3v) is 13.0. The second-order valence-corrected chi connectivity index (χ2v) is 18.6. The maximum absolute atomic E-state index is 14.8. The number of aryl methyl sites for hydroxylation is 1. The molecule has 3 rings (SSSR count). The standard InChI is InChI=1S/C47H76N10O9S/c1-9-22-57(46(62)41(32(6)11-3)52-44(61)38-14-12-13-23-56(38)8)39(31(4)5)29-40(65-24-10-2)45-51-37(30-67-45)43(60)50-35(18-15-34-16-19-36(58)20-17-34)28-33(7)42(59)53-54-47(63)66-27-26-64-25-21-49-55-48/h16-17,19-20,30-33,35,38-41,58H,9-15,18,21-29H2,1-8H3,(H,50,60)(H,52,61)(H,53,59)(H,54,63)/t32-,33-,35-,38+,39+,40+,41-/m0/s1. The molecule has 0 saturated carbocycles. The van der Waals surface area contributed by atoms with Gasteiger partial charge < -0.3 is 34.9 Å². The van der Waals surface area contributed by atoms with Crippen molar-refractivity contribution in [2.45, 2.75) is 143 Å². The summed E-state index contributed by atoms with van der Waals surface area (Å²) in [5.74, 6) is -1.72. The molecule has 1 aliphatic heterocycles. The van der Waals surface area contributed by atoms with Crippen LogP contribution in [0, 0.1) is 17.8 Å². The van der Waals surface area contributed by atoms with E-state index in [9.17, 15) is 29.1 Å². The Morgan fingerprint density at radius 1 is 0.985 bits per heavy atom. The number of nitrogens with one attached hydrogen (secondary N) is 4. The highest BCUT2D eigenvalue weighted by atomic mass is 32.1. The molecular weight excluding hydrogens is 881 g/mol. The minimum Gasteiger partial charge on any atom is -0.508 e. The fourth-order valence-corrected chi connectivity index (χ4v) is 8.84. The number of amides is 5. The van der Waals surface area contributed by atoms with Crippen molar-refractivity contribution in [1.82, 2.24) is 36.3 Å². The van der Waals surface area contributed by atoms with Gasteiger partial charge in [-0.15, -0.1) is 11.3 Å². The minimum atomic E-state index is -0.886. The van der Waals surface area contributed by atoms with E-state index >= 15 is 0 Å². The molecule has 1 aromatic carbocycles. The van der Waals surface area contributed by atoms with E-state index in [4.69, 9.17) is 24.7 Å². The van der Waals surface area contributed by atoms with Gasteiger partial charge >= 0.3 is 6.09 Å². The van der Waals surface area contributed by atoms with E-state index in [0.29, 0.717) is 43.8 Å². The molecule has 5 N–H and O–H groups in total. The molecule has 0 aliphatic carbocycles. The Morgan fingerprint density at radius 3 is 2.39 bits per heavy atom. The predicted octanol–water partition coefficient (Wildman–Crippen LogP) is 6.83. The van der Waals surface area contributed by atoms with Crippen molar-refractivity contribution in [1.29, 1.82) is 0 Å². The summed E-state index contributed by atoms with van der Waals surface area (Å²) in [6, 6.07) is 5.06. The molecule has 7 atom stereocenters. The Morgan fingerprint density at radius 2 is 1.73 bits per heavy atom. The number of carbonyl (C=O) groups is 5. The van der Waals surface area contributed by atoms with Gasteiger partial charge in [-0.05, 0) is 93.6 Å². The highest BCUT2D eigenvalue weighted by Crippen LogP contribution is 2.32. The van der Waals surface area contributed by atoms with Crippen LogP contribution in [-0.2, 0) is 35.0 Å². The van der Waals surface area contributed by atoms with E-state index in [-0.39, 0.29) is 80.0 Å². The molecule has 67 heavy (non-hydrogen) atoms. The first kappa shape index (κ1) is 56.3. The van der Waals surface area contributed by atoms with Crippen molar-refractivity contribution in [3.63, 3.8) is 0 Å². The number of piperidine rings is 1. The number of likely N-dealkylation sites (N-methyl/N-ethyl adjacent to an activating group) is 1. The third-order valence-electron chi connectivity index (χ3n) is 12.1. The fourth-order valence-electron chi connectivity index (χ4n) is 7.98. The fraction of sp³-hybridized carbons (Fsp3) is 0.702. The summed E-state index contributed by atoms with van der Waals surface area (Å²) in [6.07, 6.45) is 5.20. The van der Waals surface area contributed by atoms with Gasteiger partial charge in [-0.3, -0.25) is 29.5 Å². The van der Waals surface area contributed by atoms with Gasteiger partial charge in [-0.25, -0.2) is 15.2 Å². The maximum atomic E-state index is 14.8. The first-order valence-corrected chi connectivity index (χ1v) is 24.8. The van der Waals surface area contributed by atoms with Crippen molar-refractivity contribution in [2.75, 3.05) is 53.1 Å². The molecule has 0 bridgehead atoms. The number of carbonyl (C=O) groups excluding carboxylic acids is 5. The molecule has 374 valence electrons. The number of thiazole rings is 1. The molecule has 0 radical (unpaired) electrons. The van der Waals surface area contributed by atoms with Crippen molar-refractivity contribution < 1.29 is 43.3 Å². The van der Waals surface area contributed by atoms with E-state index in [1.807, 2.05) is 39.6 Å². The molecule has 19 nitrogen and oxygen atoms in total. The number of azide groups is 1. The van der Waals surface area contributed by atoms with Crippen molar-refractivity contribution in [2.24, 2.45) is 22.9 Å². The Balaban J connectivity index is 1.78. The second kappa shape index (κ2) is 30.4. The molecule has 1 fully saturated rings. The highest BCUT2D eigenvalue weighted by Gasteiger charge is 2.38. The van der Waals surface area contributed by atoms with E-state index in [1.165, 1.54) is 11.3 Å². The summed E-state index contributed by atoms with van der Waals surface area (Å²) in [6.45, 7) is 16.1. The number of hydrogen-bond acceptors (Lipinski definition) is 13. The number of phenolic OH excluding ortho intramolecular Hbond substituents is 1. The van der Waals surface area contributed by atoms with Crippen LogP contribution in [0.2, 0.25) is 0 Å². The lowest BCUT2D eigenvalue weighted by Gasteiger charge is -2.40. The molecule has 1 aliphatic rings. The van der Waals surface area contributed by atoms with Crippen LogP contribution in [0.4, 0.5) is 4.79 Å². The van der Waals surface area contributed by atoms with E-state index in [2.05, 4.69) is 50.3 Å². The van der Waals surface area contributed by atoms with Crippen LogP contribution in [0.1, 0.15) is 133 Å². The van der Waals surface area contributed by atoms with Crippen LogP contribution in [-0.4, -0.2) is 127 Å². The maximum Gasteiger partial charge on any atom is 0.426 e. The number of rotatable bonds is 29. The Kier molecular flexibility index (Phi) is 25.5. The molecule has 0 unspecified atom stereocenters. The average molecular weight is 957 g/mol. The zero-order valence-electron chi connectivity index (χ0n) is 40.8. The Bertz CT molecular complexity index is 1880. The van der Waals surface area contributed by atoms with Crippen LogP contribution in [0.25, 0.3) is 10.4 Å². The molecule has 0 spiro atoms. The SMILES string of the molecule is CCCO[C@H](C[C@H](C(C)C)N(CCC)C(=O)[C@@H](NC(=O)[C@H]1CCCCN1C)[C@@H](C)CC)c1nc(C(=O)N[C@@H](CCc2ccc(O)cc2)C[C@H](C)C(=O)NNC(=O)OCCOCCN=[N+]=[N-])cs1. The zero-order valence-corrected chi connectivity index (χ0v) is 41.6. The van der Waals surface area contributed by atoms with E-state index in [1.54, 1.807) is 36.6 Å². The lowest BCUT2D eigenvalue weighted by molar-refractivity contribution is -0.143. The zero-order chi connectivity index (χ0) is 49.3. The number of benzene rings is 1. The number of likely N-dealkylation sites (tertiary alicyclic amines) is 1. The number of hydrazine groups is 1. The summed E-state index contributed by atoms with van der Waals surface area (Å²) in [5, 5.41) is 21.7. The van der Waals surface area contributed by atoms with Crippen LogP contribution in [0.15, 0.2) is 34.8 Å². The number of aromatic nitrogens is 1. The van der Waals surface area contributed by atoms with Crippen LogP contribution in [0.3, 0.4) is 0 Å². The number of nitrogens with zero attached hydrogens (tertiary/aromatic N) is 6. The number of phenols is 1. The molecule has 2 aromatic rings. The number of ether oxygens (including phenoxy) is 3. The highest BCUT2D eigenvalue weighted by molar-refractivity contribution is 7.09. The van der Waals surface area contributed by atoms with E-state index in [0.717, 1.165) is 44.2 Å². The van der Waals surface area contributed by atoms with Crippen molar-refractivity contribution in [3.05, 3.63) is 56.4 Å². The molecule has 1 saturated heterocycles. The summed E-state index contributed by atoms with van der Waals surface area (Å²) in [7, 11) is 1.97. The first-order valence-electron chi connectivity index (χ1n) is 23.9. The van der Waals surface area contributed by atoms with Gasteiger partial charge in [-0.2, -0.15) is 0 Å². The minimum absolute atomic E-state index is 0.0278. The number of aromatic hydroxyl groups is 1. The lowest BCUT2D eigenvalue weighted by atomic mass is 9.92. The van der Waals surface area contributed by atoms with Crippen LogP contribution in [0.5, 0.6) is 5.75 Å². The van der Waals surface area contributed by atoms with Gasteiger partial charge in [0.15, 0.2) is 0 Å². The van der Waals surface area contributed by atoms with Crippen molar-refractivity contribution in [3.8, 4) is 5.75 Å².